The second-order valence-corrected chi connectivity index (χ2v) is 4.36. The third-order valence-electron chi connectivity index (χ3n) is 3.24. The van der Waals surface area contributed by atoms with E-state index in [1.54, 1.807) is 0 Å². The van der Waals surface area contributed by atoms with E-state index in [-0.39, 0.29) is 0 Å². The van der Waals surface area contributed by atoms with Gasteiger partial charge >= 0.3 is 0 Å². The molecule has 0 aromatic heterocycles. The van der Waals surface area contributed by atoms with Gasteiger partial charge in [-0.05, 0) is 50.0 Å². The van der Waals surface area contributed by atoms with Crippen LogP contribution in [0.3, 0.4) is 0 Å². The first kappa shape index (κ1) is 11.0. The Kier molecular flexibility index (Phi) is 3.44. The Morgan fingerprint density at radius 2 is 1.88 bits per heavy atom. The van der Waals surface area contributed by atoms with Gasteiger partial charge in [0.05, 0.1) is 0 Å². The van der Waals surface area contributed by atoms with Crippen molar-refractivity contribution in [3.8, 4) is 0 Å². The highest BCUT2D eigenvalue weighted by molar-refractivity contribution is 5.39. The summed E-state index contributed by atoms with van der Waals surface area (Å²) in [6.07, 6.45) is 2.44. The van der Waals surface area contributed by atoms with Crippen LogP contribution in [0, 0.1) is 0 Å². The third-order valence-corrected chi connectivity index (χ3v) is 3.24. The summed E-state index contributed by atoms with van der Waals surface area (Å²) < 4.78 is 0. The average molecular weight is 216 g/mol. The molecule has 1 heterocycles. The summed E-state index contributed by atoms with van der Waals surface area (Å²) in [6, 6.07) is 7.96. The highest BCUT2D eigenvalue weighted by Gasteiger charge is 2.17. The Bertz CT molecular complexity index is 384. The van der Waals surface area contributed by atoms with Crippen molar-refractivity contribution in [2.75, 3.05) is 20.1 Å². The number of likely N-dealkylation sites (tertiary alicyclic amines) is 1. The molecule has 0 spiro atoms. The minimum absolute atomic E-state index is 0.663. The fourth-order valence-corrected chi connectivity index (χ4v) is 2.21. The van der Waals surface area contributed by atoms with Gasteiger partial charge in [-0.25, -0.2) is 0 Å². The Morgan fingerprint density at radius 3 is 2.44 bits per heavy atom. The third kappa shape index (κ3) is 2.54. The number of piperidine rings is 1. The first-order valence-electron chi connectivity index (χ1n) is 5.63. The molecule has 1 aliphatic heterocycles. The minimum atomic E-state index is 0.663. The molecule has 0 N–H and O–H groups in total. The highest BCUT2D eigenvalue weighted by Crippen LogP contribution is 2.28. The van der Waals surface area contributed by atoms with E-state index < -0.39 is 0 Å². The molecule has 0 saturated carbocycles. The zero-order chi connectivity index (χ0) is 11.4. The fourth-order valence-electron chi connectivity index (χ4n) is 2.21. The molecule has 0 unspecified atom stereocenters. The van der Waals surface area contributed by atoms with Crippen molar-refractivity contribution >= 4 is 5.69 Å². The summed E-state index contributed by atoms with van der Waals surface area (Å²) in [5.74, 6) is 0.663. The Labute approximate surface area is 95.5 Å². The predicted molar refractivity (Wildman–Crippen MR) is 64.7 cm³/mol. The summed E-state index contributed by atoms with van der Waals surface area (Å²) in [6.45, 7) is 2.34. The smallest absolute Gasteiger partial charge is 0.0375 e. The number of benzene rings is 1. The predicted octanol–water partition coefficient (Wildman–Crippen LogP) is 3.44. The molecule has 0 bridgehead atoms. The van der Waals surface area contributed by atoms with Crippen LogP contribution in [0.2, 0.25) is 0 Å². The minimum Gasteiger partial charge on any atom is -0.306 e. The second-order valence-electron chi connectivity index (χ2n) is 4.36. The van der Waals surface area contributed by atoms with Crippen LogP contribution in [0.4, 0.5) is 5.69 Å². The van der Waals surface area contributed by atoms with Gasteiger partial charge in [0.2, 0.25) is 0 Å². The van der Waals surface area contributed by atoms with E-state index in [0.29, 0.717) is 11.6 Å². The quantitative estimate of drug-likeness (QED) is 0.424. The van der Waals surface area contributed by atoms with E-state index in [1.807, 2.05) is 12.1 Å². The molecule has 16 heavy (non-hydrogen) atoms. The lowest BCUT2D eigenvalue weighted by atomic mass is 9.89. The van der Waals surface area contributed by atoms with E-state index in [0.717, 1.165) is 0 Å². The number of nitrogens with zero attached hydrogens (tertiary/aromatic N) is 4. The molecule has 0 radical (unpaired) electrons. The van der Waals surface area contributed by atoms with Gasteiger partial charge < -0.3 is 4.90 Å². The molecule has 4 heteroatoms. The van der Waals surface area contributed by atoms with E-state index in [9.17, 15) is 0 Å². The molecule has 4 nitrogen and oxygen atoms in total. The molecule has 0 amide bonds. The molecule has 2 rings (SSSR count). The van der Waals surface area contributed by atoms with E-state index >= 15 is 0 Å². The molecule has 1 fully saturated rings. The molecule has 84 valence electrons. The summed E-state index contributed by atoms with van der Waals surface area (Å²) in [5.41, 5.74) is 10.4. The maximum absolute atomic E-state index is 8.32. The first-order chi connectivity index (χ1) is 7.79. The lowest BCUT2D eigenvalue weighted by molar-refractivity contribution is 0.255. The SMILES string of the molecule is CN1CCC(c2ccc(N=[N+]=[N-])cc2)CC1. The van der Waals surface area contributed by atoms with Crippen molar-refractivity contribution < 1.29 is 0 Å². The highest BCUT2D eigenvalue weighted by atomic mass is 15.1. The number of hydrogen-bond acceptors (Lipinski definition) is 2. The van der Waals surface area contributed by atoms with Gasteiger partial charge in [-0.1, -0.05) is 29.4 Å². The van der Waals surface area contributed by atoms with Crippen molar-refractivity contribution in [2.45, 2.75) is 18.8 Å². The zero-order valence-electron chi connectivity index (χ0n) is 9.50. The standard InChI is InChI=1S/C12H16N4/c1-16-8-6-11(7-9-16)10-2-4-12(5-3-10)14-15-13/h2-5,11H,6-9H2,1H3. The zero-order valence-corrected chi connectivity index (χ0v) is 9.50. The number of hydrogen-bond donors (Lipinski definition) is 0. The first-order valence-corrected chi connectivity index (χ1v) is 5.63. The van der Waals surface area contributed by atoms with Crippen LogP contribution in [0.25, 0.3) is 10.4 Å². The van der Waals surface area contributed by atoms with Crippen LogP contribution in [0.15, 0.2) is 29.4 Å². The summed E-state index contributed by atoms with van der Waals surface area (Å²) in [7, 11) is 2.17. The maximum atomic E-state index is 8.32. The summed E-state index contributed by atoms with van der Waals surface area (Å²) in [5, 5.41) is 3.58. The van der Waals surface area contributed by atoms with Crippen molar-refractivity contribution in [2.24, 2.45) is 5.11 Å². The molecule has 0 aliphatic carbocycles. The molecular weight excluding hydrogens is 200 g/mol. The van der Waals surface area contributed by atoms with Crippen molar-refractivity contribution in [1.29, 1.82) is 0 Å². The van der Waals surface area contributed by atoms with Crippen LogP contribution >= 0.6 is 0 Å². The van der Waals surface area contributed by atoms with Gasteiger partial charge in [-0.2, -0.15) is 0 Å². The Balaban J connectivity index is 2.07. The molecule has 1 saturated heterocycles. The van der Waals surface area contributed by atoms with Gasteiger partial charge in [0.1, 0.15) is 0 Å². The molecular formula is C12H16N4. The number of azide groups is 1. The van der Waals surface area contributed by atoms with Crippen LogP contribution < -0.4 is 0 Å². The Morgan fingerprint density at radius 1 is 1.25 bits per heavy atom. The molecule has 0 atom stereocenters. The topological polar surface area (TPSA) is 52.0 Å². The van der Waals surface area contributed by atoms with Crippen molar-refractivity contribution in [1.82, 2.24) is 4.90 Å². The fraction of sp³-hybridized carbons (Fsp3) is 0.500. The van der Waals surface area contributed by atoms with Gasteiger partial charge in [0.25, 0.3) is 0 Å². The van der Waals surface area contributed by atoms with Crippen LogP contribution in [0.5, 0.6) is 0 Å². The normalized spacial score (nSPS) is 18.1. The lowest BCUT2D eigenvalue weighted by Gasteiger charge is -2.29. The average Bonchev–Trinajstić information content (AvgIpc) is 2.32. The van der Waals surface area contributed by atoms with E-state index in [2.05, 4.69) is 34.1 Å². The van der Waals surface area contributed by atoms with Gasteiger partial charge in [-0.15, -0.1) is 0 Å². The van der Waals surface area contributed by atoms with Crippen LogP contribution in [0.1, 0.15) is 24.3 Å². The second kappa shape index (κ2) is 5.01. The number of rotatable bonds is 2. The monoisotopic (exact) mass is 216 g/mol. The van der Waals surface area contributed by atoms with Gasteiger partial charge in [0.15, 0.2) is 0 Å². The van der Waals surface area contributed by atoms with Gasteiger partial charge in [-0.3, -0.25) is 0 Å². The largest absolute Gasteiger partial charge is 0.306 e. The van der Waals surface area contributed by atoms with Crippen molar-refractivity contribution in [3.05, 3.63) is 40.3 Å². The Hall–Kier alpha value is -1.51. The maximum Gasteiger partial charge on any atom is 0.0375 e. The summed E-state index contributed by atoms with van der Waals surface area (Å²) in [4.78, 5) is 5.14. The van der Waals surface area contributed by atoms with E-state index in [1.165, 1.54) is 31.5 Å². The van der Waals surface area contributed by atoms with Crippen molar-refractivity contribution in [3.63, 3.8) is 0 Å². The molecule has 1 aromatic rings. The molecule has 1 aromatic carbocycles. The summed E-state index contributed by atoms with van der Waals surface area (Å²) >= 11 is 0. The van der Waals surface area contributed by atoms with Crippen LogP contribution in [-0.4, -0.2) is 25.0 Å². The van der Waals surface area contributed by atoms with E-state index in [4.69, 9.17) is 5.53 Å². The molecule has 1 aliphatic rings. The lowest BCUT2D eigenvalue weighted by Crippen LogP contribution is -2.29. The van der Waals surface area contributed by atoms with Gasteiger partial charge in [0, 0.05) is 10.6 Å². The van der Waals surface area contributed by atoms with Crippen LogP contribution in [-0.2, 0) is 0 Å².